The Morgan fingerprint density at radius 1 is 0.867 bits per heavy atom. The number of nitrogens with zero attached hydrogens (tertiary/aromatic N) is 3. The van der Waals surface area contributed by atoms with Gasteiger partial charge in [0.15, 0.2) is 0 Å². The summed E-state index contributed by atoms with van der Waals surface area (Å²) >= 11 is 0. The number of rotatable bonds is 5. The monoisotopic (exact) mass is 402 g/mol. The first-order valence-corrected chi connectivity index (χ1v) is 10.7. The van der Waals surface area contributed by atoms with E-state index in [1.165, 1.54) is 28.3 Å². The lowest BCUT2D eigenvalue weighted by Crippen LogP contribution is -2.52. The molecule has 5 heteroatoms. The molecular weight excluding hydrogens is 372 g/mol. The molecule has 3 aromatic rings. The van der Waals surface area contributed by atoms with E-state index >= 15 is 0 Å². The molecule has 0 unspecified atom stereocenters. The minimum atomic E-state index is 0.0413. The molecule has 2 aromatic carbocycles. The number of anilines is 1. The molecule has 5 nitrogen and oxygen atoms in total. The van der Waals surface area contributed by atoms with Crippen molar-refractivity contribution in [3.63, 3.8) is 0 Å². The summed E-state index contributed by atoms with van der Waals surface area (Å²) in [7, 11) is 0. The molecule has 0 radical (unpaired) electrons. The van der Waals surface area contributed by atoms with E-state index < -0.39 is 0 Å². The summed E-state index contributed by atoms with van der Waals surface area (Å²) < 4.78 is 2.28. The van der Waals surface area contributed by atoms with Crippen LogP contribution in [0.5, 0.6) is 0 Å². The fourth-order valence-corrected chi connectivity index (χ4v) is 4.28. The Kier molecular flexibility index (Phi) is 6.07. The highest BCUT2D eigenvalue weighted by atomic mass is 16.2. The quantitative estimate of drug-likeness (QED) is 0.696. The Morgan fingerprint density at radius 2 is 1.47 bits per heavy atom. The molecule has 1 fully saturated rings. The van der Waals surface area contributed by atoms with Crippen molar-refractivity contribution < 1.29 is 4.79 Å². The zero-order chi connectivity index (χ0) is 20.9. The first-order chi connectivity index (χ1) is 14.6. The van der Waals surface area contributed by atoms with Crippen molar-refractivity contribution in [3.8, 4) is 5.69 Å². The number of amides is 2. The van der Waals surface area contributed by atoms with Gasteiger partial charge in [-0.3, -0.25) is 0 Å². The van der Waals surface area contributed by atoms with Crippen molar-refractivity contribution in [3.05, 3.63) is 83.7 Å². The highest BCUT2D eigenvalue weighted by Gasteiger charge is 2.21. The maximum Gasteiger partial charge on any atom is 0.317 e. The first kappa shape index (κ1) is 20.1. The van der Waals surface area contributed by atoms with Crippen molar-refractivity contribution in [2.75, 3.05) is 37.6 Å². The topological polar surface area (TPSA) is 40.5 Å². The maximum atomic E-state index is 12.6. The normalized spacial score (nSPS) is 14.1. The summed E-state index contributed by atoms with van der Waals surface area (Å²) in [6.45, 7) is 8.18. The number of para-hydroxylation sites is 2. The van der Waals surface area contributed by atoms with E-state index in [4.69, 9.17) is 0 Å². The van der Waals surface area contributed by atoms with Crippen molar-refractivity contribution >= 4 is 11.7 Å². The summed E-state index contributed by atoms with van der Waals surface area (Å²) in [4.78, 5) is 16.9. The number of urea groups is 1. The lowest BCUT2D eigenvalue weighted by atomic mass is 10.2. The van der Waals surface area contributed by atoms with Crippen LogP contribution in [-0.2, 0) is 6.42 Å². The van der Waals surface area contributed by atoms with Crippen molar-refractivity contribution in [2.24, 2.45) is 0 Å². The molecule has 2 amide bonds. The van der Waals surface area contributed by atoms with E-state index in [0.29, 0.717) is 6.54 Å². The second-order valence-corrected chi connectivity index (χ2v) is 7.86. The van der Waals surface area contributed by atoms with Gasteiger partial charge in [0.25, 0.3) is 0 Å². The Balaban J connectivity index is 1.29. The molecule has 1 aliphatic heterocycles. The van der Waals surface area contributed by atoms with E-state index in [1.807, 2.05) is 17.0 Å². The second-order valence-electron chi connectivity index (χ2n) is 7.86. The van der Waals surface area contributed by atoms with E-state index in [2.05, 4.69) is 83.2 Å². The lowest BCUT2D eigenvalue weighted by Gasteiger charge is -2.36. The predicted molar refractivity (Wildman–Crippen MR) is 123 cm³/mol. The smallest absolute Gasteiger partial charge is 0.317 e. The zero-order valence-corrected chi connectivity index (χ0v) is 17.8. The fraction of sp³-hybridized carbons (Fsp3) is 0.320. The number of piperazine rings is 1. The van der Waals surface area contributed by atoms with E-state index in [1.54, 1.807) is 0 Å². The average molecular weight is 403 g/mol. The van der Waals surface area contributed by atoms with Crippen LogP contribution in [0.4, 0.5) is 10.5 Å². The number of benzene rings is 2. The fourth-order valence-electron chi connectivity index (χ4n) is 4.28. The van der Waals surface area contributed by atoms with Crippen molar-refractivity contribution in [1.82, 2.24) is 14.8 Å². The maximum absolute atomic E-state index is 12.6. The molecule has 156 valence electrons. The third-order valence-corrected chi connectivity index (χ3v) is 5.91. The molecule has 1 saturated heterocycles. The largest absolute Gasteiger partial charge is 0.368 e. The molecular formula is C25H30N4O. The zero-order valence-electron chi connectivity index (χ0n) is 17.8. The van der Waals surface area contributed by atoms with Crippen LogP contribution in [0, 0.1) is 13.8 Å². The van der Waals surface area contributed by atoms with Crippen LogP contribution >= 0.6 is 0 Å². The molecule has 0 spiro atoms. The molecule has 1 aliphatic rings. The molecule has 4 rings (SSSR count). The summed E-state index contributed by atoms with van der Waals surface area (Å²) in [6.07, 6.45) is 0.836. The number of hydrogen-bond acceptors (Lipinski definition) is 2. The molecule has 1 aromatic heterocycles. The second kappa shape index (κ2) is 9.08. The number of aromatic nitrogens is 1. The van der Waals surface area contributed by atoms with E-state index in [9.17, 15) is 4.79 Å². The van der Waals surface area contributed by atoms with Crippen LogP contribution in [-0.4, -0.2) is 48.2 Å². The molecule has 0 saturated carbocycles. The summed E-state index contributed by atoms with van der Waals surface area (Å²) in [6, 6.07) is 23.1. The minimum absolute atomic E-state index is 0.0413. The van der Waals surface area contributed by atoms with E-state index in [-0.39, 0.29) is 6.03 Å². The Hall–Kier alpha value is -3.21. The van der Waals surface area contributed by atoms with Crippen LogP contribution < -0.4 is 10.2 Å². The number of hydrogen-bond donors (Lipinski definition) is 1. The third kappa shape index (κ3) is 4.35. The SMILES string of the molecule is Cc1cc(CCNC(=O)N2CCN(c3ccccc3)CC2)c(C)n1-c1ccccc1. The summed E-state index contributed by atoms with van der Waals surface area (Å²) in [5.41, 5.74) is 6.15. The lowest BCUT2D eigenvalue weighted by molar-refractivity contribution is 0.194. The number of nitrogens with one attached hydrogen (secondary N) is 1. The van der Waals surface area contributed by atoms with Crippen LogP contribution in [0.25, 0.3) is 5.69 Å². The standard InChI is InChI=1S/C25H30N4O/c1-20-19-22(21(2)29(20)24-11-7-4-8-12-24)13-14-26-25(30)28-17-15-27(16-18-28)23-9-5-3-6-10-23/h3-12,19H,13-18H2,1-2H3,(H,26,30). The van der Waals surface area contributed by atoms with Gasteiger partial charge >= 0.3 is 6.03 Å². The van der Waals surface area contributed by atoms with Crippen LogP contribution in [0.3, 0.4) is 0 Å². The van der Waals surface area contributed by atoms with Gasteiger partial charge in [-0.1, -0.05) is 36.4 Å². The van der Waals surface area contributed by atoms with Gasteiger partial charge in [-0.05, 0) is 56.2 Å². The summed E-state index contributed by atoms with van der Waals surface area (Å²) in [5.74, 6) is 0. The van der Waals surface area contributed by atoms with Gasteiger partial charge < -0.3 is 19.7 Å². The highest BCUT2D eigenvalue weighted by Crippen LogP contribution is 2.21. The minimum Gasteiger partial charge on any atom is -0.368 e. The Morgan fingerprint density at radius 3 is 2.10 bits per heavy atom. The molecule has 0 aliphatic carbocycles. The van der Waals surface area contributed by atoms with Crippen LogP contribution in [0.15, 0.2) is 66.7 Å². The van der Waals surface area contributed by atoms with E-state index in [0.717, 1.165) is 32.6 Å². The Labute approximate surface area is 178 Å². The molecule has 0 atom stereocenters. The van der Waals surface area contributed by atoms with Gasteiger partial charge in [0.05, 0.1) is 0 Å². The van der Waals surface area contributed by atoms with Gasteiger partial charge in [-0.25, -0.2) is 4.79 Å². The molecule has 1 N–H and O–H groups in total. The van der Waals surface area contributed by atoms with Gasteiger partial charge in [0, 0.05) is 55.5 Å². The predicted octanol–water partition coefficient (Wildman–Crippen LogP) is 4.17. The molecule has 30 heavy (non-hydrogen) atoms. The van der Waals surface area contributed by atoms with Crippen LogP contribution in [0.1, 0.15) is 17.0 Å². The number of carbonyl (C=O) groups excluding carboxylic acids is 1. The summed E-state index contributed by atoms with van der Waals surface area (Å²) in [5, 5.41) is 3.11. The molecule has 2 heterocycles. The van der Waals surface area contributed by atoms with Gasteiger partial charge in [-0.2, -0.15) is 0 Å². The van der Waals surface area contributed by atoms with Gasteiger partial charge in [0.2, 0.25) is 0 Å². The number of carbonyl (C=O) groups is 1. The van der Waals surface area contributed by atoms with Gasteiger partial charge in [0.1, 0.15) is 0 Å². The average Bonchev–Trinajstić information content (AvgIpc) is 3.08. The van der Waals surface area contributed by atoms with Crippen molar-refractivity contribution in [1.29, 1.82) is 0 Å². The highest BCUT2D eigenvalue weighted by molar-refractivity contribution is 5.74. The van der Waals surface area contributed by atoms with Gasteiger partial charge in [-0.15, -0.1) is 0 Å². The van der Waals surface area contributed by atoms with Crippen molar-refractivity contribution in [2.45, 2.75) is 20.3 Å². The molecule has 0 bridgehead atoms. The first-order valence-electron chi connectivity index (χ1n) is 10.7. The van der Waals surface area contributed by atoms with Crippen LogP contribution in [0.2, 0.25) is 0 Å². The third-order valence-electron chi connectivity index (χ3n) is 5.91. The number of aryl methyl sites for hydroxylation is 1. The Bertz CT molecular complexity index is 973.